The van der Waals surface area contributed by atoms with Gasteiger partial charge in [-0.15, -0.1) is 0 Å². The van der Waals surface area contributed by atoms with Gasteiger partial charge in [0.2, 0.25) is 0 Å². The fourth-order valence-corrected chi connectivity index (χ4v) is 19.0. The number of nitrogens with zero attached hydrogens (tertiary/aromatic N) is 2. The summed E-state index contributed by atoms with van der Waals surface area (Å²) in [7, 11) is 0. The van der Waals surface area contributed by atoms with Crippen molar-refractivity contribution in [3.05, 3.63) is 12.3 Å². The first-order valence-corrected chi connectivity index (χ1v) is 17.3. The molecule has 0 aromatic carbocycles. The molecule has 1 aromatic heterocycles. The van der Waals surface area contributed by atoms with Crippen molar-refractivity contribution in [2.45, 2.75) is 92.0 Å². The topological polar surface area (TPSA) is 17.8 Å². The van der Waals surface area contributed by atoms with E-state index < -0.39 is 18.4 Å². The zero-order valence-electron chi connectivity index (χ0n) is 15.1. The predicted molar refractivity (Wildman–Crippen MR) is 99.5 cm³/mol. The molecule has 0 unspecified atom stereocenters. The molecule has 1 heterocycles. The van der Waals surface area contributed by atoms with Crippen molar-refractivity contribution in [2.24, 2.45) is 5.92 Å². The Labute approximate surface area is 141 Å². The maximum atomic E-state index is 5.13. The van der Waals surface area contributed by atoms with Gasteiger partial charge < -0.3 is 0 Å². The molecule has 126 valence electrons. The minimum absolute atomic E-state index is 0.930. The summed E-state index contributed by atoms with van der Waals surface area (Å²) in [6, 6.07) is 2.43. The molecule has 0 radical (unpaired) electrons. The van der Waals surface area contributed by atoms with Crippen LogP contribution in [0.1, 0.15) is 72.1 Å². The molecule has 0 aliphatic heterocycles. The standard InChI is InChI=1S/C7H9N2.3C4H9.Sn/c1-4-8-9(5-1)6-7-2-3-7;3*1-3-4-2;/h1,5,7H,2-3,6H2;3*1,3-4H2,2H3;. The van der Waals surface area contributed by atoms with Gasteiger partial charge >= 0.3 is 142 Å². The SMILES string of the molecule is CCC[CH2][Sn]([CH2]CCC)([CH2]CCC)[c]1ccn(CC2CC2)n1. The van der Waals surface area contributed by atoms with E-state index >= 15 is 0 Å². The van der Waals surface area contributed by atoms with Gasteiger partial charge in [0.15, 0.2) is 0 Å². The fourth-order valence-electron chi connectivity index (χ4n) is 3.62. The number of hydrogen-bond acceptors (Lipinski definition) is 1. The summed E-state index contributed by atoms with van der Waals surface area (Å²) >= 11 is -2.26. The van der Waals surface area contributed by atoms with Crippen LogP contribution in [0.3, 0.4) is 0 Å². The van der Waals surface area contributed by atoms with Gasteiger partial charge in [-0.1, -0.05) is 0 Å². The quantitative estimate of drug-likeness (QED) is 0.424. The molecule has 3 heteroatoms. The van der Waals surface area contributed by atoms with Crippen LogP contribution >= 0.6 is 0 Å². The molecule has 1 aliphatic rings. The van der Waals surface area contributed by atoms with Crippen LogP contribution in [0, 0.1) is 5.92 Å². The molecule has 1 saturated carbocycles. The van der Waals surface area contributed by atoms with E-state index in [1.165, 1.54) is 71.2 Å². The summed E-state index contributed by atoms with van der Waals surface area (Å²) < 4.78 is 8.48. The molecule has 0 amide bonds. The van der Waals surface area contributed by atoms with E-state index in [4.69, 9.17) is 5.10 Å². The Balaban J connectivity index is 2.15. The molecular formula is C19H36N2Sn. The van der Waals surface area contributed by atoms with E-state index in [2.05, 4.69) is 37.7 Å². The van der Waals surface area contributed by atoms with Crippen LogP contribution in [0.4, 0.5) is 0 Å². The maximum absolute atomic E-state index is 5.13. The van der Waals surface area contributed by atoms with Gasteiger partial charge in [0.1, 0.15) is 0 Å². The zero-order valence-corrected chi connectivity index (χ0v) is 18.0. The van der Waals surface area contributed by atoms with Crippen LogP contribution < -0.4 is 3.71 Å². The normalized spacial score (nSPS) is 15.4. The summed E-state index contributed by atoms with van der Waals surface area (Å²) in [5.41, 5.74) is 0. The van der Waals surface area contributed by atoms with Crippen molar-refractivity contribution < 1.29 is 0 Å². The summed E-state index contributed by atoms with van der Waals surface area (Å²) in [4.78, 5) is 0. The molecule has 0 atom stereocenters. The monoisotopic (exact) mass is 412 g/mol. The van der Waals surface area contributed by atoms with Crippen LogP contribution in [-0.2, 0) is 6.54 Å². The fraction of sp³-hybridized carbons (Fsp3) is 0.842. The van der Waals surface area contributed by atoms with Gasteiger partial charge in [0.05, 0.1) is 0 Å². The van der Waals surface area contributed by atoms with Crippen molar-refractivity contribution in [1.29, 1.82) is 0 Å². The van der Waals surface area contributed by atoms with Crippen LogP contribution in [0.15, 0.2) is 12.3 Å². The molecule has 0 spiro atoms. The summed E-state index contributed by atoms with van der Waals surface area (Å²) in [6.07, 6.45) is 13.5. The first kappa shape index (κ1) is 18.3. The predicted octanol–water partition coefficient (Wildman–Crippen LogP) is 5.35. The first-order chi connectivity index (χ1) is 10.7. The van der Waals surface area contributed by atoms with Crippen LogP contribution in [-0.4, -0.2) is 28.2 Å². The van der Waals surface area contributed by atoms with Crippen molar-refractivity contribution in [2.75, 3.05) is 0 Å². The average Bonchev–Trinajstić information content (AvgIpc) is 3.22. The third-order valence-electron chi connectivity index (χ3n) is 5.35. The van der Waals surface area contributed by atoms with Crippen molar-refractivity contribution in [3.8, 4) is 0 Å². The summed E-state index contributed by atoms with van der Waals surface area (Å²) in [5, 5.41) is 5.13. The van der Waals surface area contributed by atoms with Crippen LogP contribution in [0.2, 0.25) is 13.3 Å². The Kier molecular flexibility index (Phi) is 7.79. The Bertz CT molecular complexity index is 401. The van der Waals surface area contributed by atoms with E-state index in [-0.39, 0.29) is 0 Å². The Morgan fingerprint density at radius 2 is 1.55 bits per heavy atom. The van der Waals surface area contributed by atoms with E-state index in [9.17, 15) is 0 Å². The Hall–Kier alpha value is 0.00870. The average molecular weight is 411 g/mol. The molecule has 2 nitrogen and oxygen atoms in total. The first-order valence-electron chi connectivity index (χ1n) is 9.78. The van der Waals surface area contributed by atoms with Gasteiger partial charge in [0.25, 0.3) is 0 Å². The molecule has 0 saturated heterocycles. The third kappa shape index (κ3) is 5.28. The number of aromatic nitrogens is 2. The second kappa shape index (κ2) is 9.34. The summed E-state index contributed by atoms with van der Waals surface area (Å²) in [5.74, 6) is 0.930. The number of hydrogen-bond donors (Lipinski definition) is 0. The number of rotatable bonds is 12. The number of unbranched alkanes of at least 4 members (excludes halogenated alkanes) is 3. The molecule has 2 rings (SSSR count). The Morgan fingerprint density at radius 1 is 1.00 bits per heavy atom. The van der Waals surface area contributed by atoms with E-state index in [0.29, 0.717) is 0 Å². The van der Waals surface area contributed by atoms with Crippen LogP contribution in [0.5, 0.6) is 0 Å². The second-order valence-corrected chi connectivity index (χ2v) is 20.5. The molecule has 22 heavy (non-hydrogen) atoms. The van der Waals surface area contributed by atoms with E-state index in [1.807, 2.05) is 0 Å². The minimum atomic E-state index is -2.26. The molecule has 0 N–H and O–H groups in total. The van der Waals surface area contributed by atoms with Crippen molar-refractivity contribution in [1.82, 2.24) is 9.78 Å². The molecule has 1 fully saturated rings. The molecule has 0 bridgehead atoms. The van der Waals surface area contributed by atoms with Gasteiger partial charge in [0, 0.05) is 0 Å². The zero-order chi connectivity index (χ0) is 15.8. The van der Waals surface area contributed by atoms with Crippen molar-refractivity contribution >= 4 is 22.1 Å². The van der Waals surface area contributed by atoms with E-state index in [1.54, 1.807) is 3.71 Å². The second-order valence-electron chi connectivity index (χ2n) is 7.46. The molecular weight excluding hydrogens is 375 g/mol. The summed E-state index contributed by atoms with van der Waals surface area (Å²) in [6.45, 7) is 8.23. The van der Waals surface area contributed by atoms with Gasteiger partial charge in [-0.25, -0.2) is 0 Å². The van der Waals surface area contributed by atoms with Crippen LogP contribution in [0.25, 0.3) is 0 Å². The molecule has 1 aromatic rings. The van der Waals surface area contributed by atoms with Gasteiger partial charge in [-0.3, -0.25) is 0 Å². The third-order valence-corrected chi connectivity index (χ3v) is 20.4. The van der Waals surface area contributed by atoms with Gasteiger partial charge in [-0.2, -0.15) is 0 Å². The van der Waals surface area contributed by atoms with Gasteiger partial charge in [-0.05, 0) is 0 Å². The Morgan fingerprint density at radius 3 is 2.00 bits per heavy atom. The van der Waals surface area contributed by atoms with E-state index in [0.717, 1.165) is 5.92 Å². The van der Waals surface area contributed by atoms with Crippen molar-refractivity contribution in [3.63, 3.8) is 0 Å². The molecule has 1 aliphatic carbocycles.